The van der Waals surface area contributed by atoms with Gasteiger partial charge in [0.2, 0.25) is 0 Å². The smallest absolute Gasteiger partial charge is 0.311 e. The minimum absolute atomic E-state index is 0.0787. The molecule has 5 fully saturated rings. The van der Waals surface area contributed by atoms with Gasteiger partial charge in [-0.05, 0) is 93.3 Å². The first kappa shape index (κ1) is 51.4. The monoisotopic (exact) mass is 871 g/mol. The van der Waals surface area contributed by atoms with E-state index in [9.17, 15) is 19.5 Å². The van der Waals surface area contributed by atoms with Crippen molar-refractivity contribution in [3.8, 4) is 0 Å². The molecule has 61 heavy (non-hydrogen) atoms. The summed E-state index contributed by atoms with van der Waals surface area (Å²) >= 11 is 0. The zero-order valence-electron chi connectivity index (χ0n) is 39.5. The van der Waals surface area contributed by atoms with Gasteiger partial charge in [-0.25, -0.2) is 0 Å². The Morgan fingerprint density at radius 1 is 0.934 bits per heavy atom. The second-order valence-electron chi connectivity index (χ2n) is 19.1. The summed E-state index contributed by atoms with van der Waals surface area (Å²) in [7, 11) is 5.40. The number of esters is 3. The van der Waals surface area contributed by atoms with Crippen LogP contribution in [0.15, 0.2) is 12.2 Å². The zero-order chi connectivity index (χ0) is 45.8. The van der Waals surface area contributed by atoms with Crippen molar-refractivity contribution in [1.29, 1.82) is 0 Å². The average molecular weight is 871 g/mol. The van der Waals surface area contributed by atoms with Crippen molar-refractivity contribution in [2.24, 2.45) is 17.8 Å². The topological polar surface area (TPSA) is 179 Å². The largest absolute Gasteiger partial charge is 0.459 e. The Labute approximate surface area is 364 Å². The molecule has 16 heteroatoms. The summed E-state index contributed by atoms with van der Waals surface area (Å²) in [5.74, 6) is -3.46. The second-order valence-corrected chi connectivity index (χ2v) is 19.1. The predicted molar refractivity (Wildman–Crippen MR) is 225 cm³/mol. The quantitative estimate of drug-likeness (QED) is 0.190. The third-order valence-electron chi connectivity index (χ3n) is 13.3. The van der Waals surface area contributed by atoms with Crippen LogP contribution in [0.4, 0.5) is 0 Å². The molecular formula is C45H78N2O14. The highest BCUT2D eigenvalue weighted by atomic mass is 16.7. The van der Waals surface area contributed by atoms with Gasteiger partial charge in [-0.15, -0.1) is 0 Å². The lowest BCUT2D eigenvalue weighted by molar-refractivity contribution is -0.321. The summed E-state index contributed by atoms with van der Waals surface area (Å²) in [6.07, 6.45) is -6.68. The van der Waals surface area contributed by atoms with Crippen molar-refractivity contribution in [1.82, 2.24) is 10.2 Å². The highest BCUT2D eigenvalue weighted by molar-refractivity contribution is 5.73. The van der Waals surface area contributed by atoms with Crippen LogP contribution in [0, 0.1) is 17.8 Å². The number of aliphatic hydroxyl groups is 1. The standard InChI is InChI=1S/C45H78N2O14/c1-17-34-45(13,51)38-25(3)21-46-26(4)19-44(12,54-23-24(2)22-53-38)39(61-42-37(57-31(9)48)33(47(14)15)18-27(5)55-42)28(6)36(29(7)41(50)59-34)60-35-20-43(11,52-16)40(30(8)56-35)58-32(10)49/h25-30,33-40,42,46,51H,2,17-23H2,1,3-16H3/t25-,26+,27+,28-,29+,30-,33-,34+,35-,36-,37+,38+,39+,40-,42-,43+,44+,45+/m0/s1. The first-order valence-electron chi connectivity index (χ1n) is 22.1. The van der Waals surface area contributed by atoms with Crippen molar-refractivity contribution in [2.75, 3.05) is 41.0 Å². The van der Waals surface area contributed by atoms with Crippen LogP contribution in [0.3, 0.4) is 0 Å². The van der Waals surface area contributed by atoms with E-state index in [2.05, 4.69) is 18.8 Å². The second kappa shape index (κ2) is 21.2. The molecule has 5 aliphatic rings. The Bertz CT molecular complexity index is 1500. The molecule has 5 aliphatic heterocycles. The number of carbonyl (C=O) groups is 3. The molecule has 16 nitrogen and oxygen atoms in total. The lowest BCUT2D eigenvalue weighted by Gasteiger charge is -2.50. The summed E-state index contributed by atoms with van der Waals surface area (Å²) in [5.41, 5.74) is -3.14. The maximum absolute atomic E-state index is 14.7. The highest BCUT2D eigenvalue weighted by Gasteiger charge is 2.55. The summed E-state index contributed by atoms with van der Waals surface area (Å²) in [5, 5.41) is 16.0. The lowest BCUT2D eigenvalue weighted by Crippen LogP contribution is -2.62. The van der Waals surface area contributed by atoms with E-state index < -0.39 is 102 Å². The molecule has 0 spiro atoms. The Morgan fingerprint density at radius 3 is 2.18 bits per heavy atom. The number of rotatable bonds is 9. The van der Waals surface area contributed by atoms with E-state index in [0.29, 0.717) is 31.4 Å². The van der Waals surface area contributed by atoms with Crippen LogP contribution in [-0.4, -0.2) is 159 Å². The van der Waals surface area contributed by atoms with Gasteiger partial charge >= 0.3 is 17.9 Å². The van der Waals surface area contributed by atoms with Gasteiger partial charge < -0.3 is 62.7 Å². The summed E-state index contributed by atoms with van der Waals surface area (Å²) in [6.45, 7) is 26.4. The van der Waals surface area contributed by atoms with Crippen molar-refractivity contribution >= 4 is 17.9 Å². The molecule has 0 aromatic carbocycles. The molecule has 352 valence electrons. The maximum atomic E-state index is 14.7. The van der Waals surface area contributed by atoms with Gasteiger partial charge in [-0.3, -0.25) is 14.4 Å². The number of hydrogen-bond acceptors (Lipinski definition) is 16. The molecule has 0 aromatic rings. The van der Waals surface area contributed by atoms with Crippen LogP contribution in [0.1, 0.15) is 109 Å². The summed E-state index contributed by atoms with van der Waals surface area (Å²) < 4.78 is 64.7. The first-order chi connectivity index (χ1) is 28.4. The van der Waals surface area contributed by atoms with Crippen molar-refractivity contribution in [3.05, 3.63) is 12.2 Å². The molecule has 0 unspecified atom stereocenters. The van der Waals surface area contributed by atoms with Crippen LogP contribution in [-0.2, 0) is 61.8 Å². The Kier molecular flexibility index (Phi) is 17.8. The van der Waals surface area contributed by atoms with Gasteiger partial charge in [-0.2, -0.15) is 0 Å². The average Bonchev–Trinajstić information content (AvgIpc) is 3.16. The Balaban J connectivity index is 1.95. The fraction of sp³-hybridized carbons (Fsp3) is 0.889. The molecule has 2 bridgehead atoms. The van der Waals surface area contributed by atoms with E-state index in [1.165, 1.54) is 13.8 Å². The van der Waals surface area contributed by atoms with E-state index in [4.69, 9.17) is 47.4 Å². The maximum Gasteiger partial charge on any atom is 0.311 e. The lowest BCUT2D eigenvalue weighted by atomic mass is 9.78. The minimum Gasteiger partial charge on any atom is -0.459 e. The molecule has 2 N–H and O–H groups in total. The van der Waals surface area contributed by atoms with Crippen LogP contribution in [0.2, 0.25) is 0 Å². The molecule has 5 heterocycles. The molecule has 0 aliphatic carbocycles. The number of nitrogens with one attached hydrogen (secondary N) is 1. The van der Waals surface area contributed by atoms with Crippen LogP contribution < -0.4 is 5.32 Å². The van der Waals surface area contributed by atoms with Gasteiger partial charge in [-0.1, -0.05) is 27.4 Å². The number of likely N-dealkylation sites (N-methyl/N-ethyl adjacent to an activating group) is 1. The zero-order valence-corrected chi connectivity index (χ0v) is 39.5. The fourth-order valence-electron chi connectivity index (χ4n) is 9.99. The number of fused-ring (bicyclic) bond motifs is 15. The van der Waals surface area contributed by atoms with E-state index >= 15 is 0 Å². The van der Waals surface area contributed by atoms with Crippen LogP contribution >= 0.6 is 0 Å². The van der Waals surface area contributed by atoms with Crippen molar-refractivity contribution in [3.63, 3.8) is 0 Å². The normalized spacial score (nSPS) is 44.8. The van der Waals surface area contributed by atoms with Gasteiger partial charge in [0.1, 0.15) is 17.3 Å². The molecule has 0 radical (unpaired) electrons. The molecule has 0 aromatic heterocycles. The van der Waals surface area contributed by atoms with Gasteiger partial charge in [0.15, 0.2) is 24.8 Å². The predicted octanol–water partition coefficient (Wildman–Crippen LogP) is 4.32. The molecule has 5 saturated heterocycles. The van der Waals surface area contributed by atoms with Crippen molar-refractivity contribution < 1.29 is 66.9 Å². The van der Waals surface area contributed by atoms with Gasteiger partial charge in [0, 0.05) is 45.9 Å². The molecule has 18 atom stereocenters. The molecule has 0 saturated carbocycles. The summed E-state index contributed by atoms with van der Waals surface area (Å²) in [6, 6.07) is -0.417. The SMILES string of the molecule is C=C1CO[C@@H]2[C@@H](C)CN[C@H](C)C[C@@](C)(OC1)[C@H](O[C@@H]1O[C@H](C)C[C@H](N(C)C)[C@H]1OC(C)=O)[C@@H](C)[C@H](O[C@H]1C[C@@](C)(OC)[C@@H](OC(C)=O)[C@H](C)O1)[C@@H](C)C(=O)O[C@H](CC)[C@@]2(C)O. The van der Waals surface area contributed by atoms with Crippen LogP contribution in [0.25, 0.3) is 0 Å². The van der Waals surface area contributed by atoms with Gasteiger partial charge in [0.25, 0.3) is 0 Å². The number of nitrogens with zero attached hydrogens (tertiary/aromatic N) is 1. The number of ether oxygens (including phenoxy) is 10. The van der Waals surface area contributed by atoms with Crippen molar-refractivity contribution in [2.45, 2.75) is 199 Å². The number of hydrogen-bond donors (Lipinski definition) is 2. The van der Waals surface area contributed by atoms with E-state index in [1.54, 1.807) is 27.9 Å². The van der Waals surface area contributed by atoms with Crippen LogP contribution in [0.5, 0.6) is 0 Å². The Hall–Kier alpha value is -2.25. The number of methoxy groups -OCH3 is 1. The number of carbonyl (C=O) groups excluding carboxylic acids is 3. The Morgan fingerprint density at radius 2 is 1.59 bits per heavy atom. The molecule has 0 amide bonds. The fourth-order valence-corrected chi connectivity index (χ4v) is 9.99. The molecular weight excluding hydrogens is 792 g/mol. The first-order valence-corrected chi connectivity index (χ1v) is 22.1. The third-order valence-corrected chi connectivity index (χ3v) is 13.3. The van der Waals surface area contributed by atoms with Gasteiger partial charge in [0.05, 0.1) is 61.3 Å². The molecule has 5 rings (SSSR count). The van der Waals surface area contributed by atoms with E-state index in [0.717, 1.165) is 0 Å². The van der Waals surface area contributed by atoms with E-state index in [-0.39, 0.29) is 43.7 Å². The third kappa shape index (κ3) is 12.3. The summed E-state index contributed by atoms with van der Waals surface area (Å²) in [4.78, 5) is 41.6. The minimum atomic E-state index is -1.61. The van der Waals surface area contributed by atoms with E-state index in [1.807, 2.05) is 60.5 Å². The highest BCUT2D eigenvalue weighted by Crippen LogP contribution is 2.42.